The fourth-order valence-electron chi connectivity index (χ4n) is 1.26. The Hall–Kier alpha value is -1.09. The van der Waals surface area contributed by atoms with Gasteiger partial charge in [0.1, 0.15) is 5.82 Å². The minimum absolute atomic E-state index is 0.125. The number of anilines is 1. The average Bonchev–Trinajstić information content (AvgIpc) is 2.17. The predicted octanol–water partition coefficient (Wildman–Crippen LogP) is 3.36. The lowest BCUT2D eigenvalue weighted by molar-refractivity contribution is 0.00333. The van der Waals surface area contributed by atoms with Crippen molar-refractivity contribution in [3.8, 4) is 0 Å². The summed E-state index contributed by atoms with van der Waals surface area (Å²) in [7, 11) is 0. The molecule has 1 aromatic carbocycles. The van der Waals surface area contributed by atoms with Gasteiger partial charge < -0.3 is 10.1 Å². The van der Waals surface area contributed by atoms with E-state index in [1.807, 2.05) is 26.8 Å². The molecule has 0 aliphatic carbocycles. The molecule has 1 rings (SSSR count). The van der Waals surface area contributed by atoms with Crippen molar-refractivity contribution in [1.29, 1.82) is 0 Å². The van der Waals surface area contributed by atoms with Gasteiger partial charge in [-0.05, 0) is 45.4 Å². The molecule has 0 spiro atoms. The van der Waals surface area contributed by atoms with Crippen LogP contribution in [-0.4, -0.2) is 18.8 Å². The van der Waals surface area contributed by atoms with Crippen LogP contribution in [0.1, 0.15) is 26.3 Å². The third-order valence-corrected chi connectivity index (χ3v) is 2.14. The molecule has 0 radical (unpaired) electrons. The van der Waals surface area contributed by atoms with E-state index in [1.54, 1.807) is 13.0 Å². The quantitative estimate of drug-likeness (QED) is 0.793. The van der Waals surface area contributed by atoms with Crippen molar-refractivity contribution >= 4 is 5.69 Å². The van der Waals surface area contributed by atoms with Crippen LogP contribution in [0.25, 0.3) is 0 Å². The Kier molecular flexibility index (Phi) is 4.30. The summed E-state index contributed by atoms with van der Waals surface area (Å²) in [6, 6.07) is 5.14. The molecule has 0 aliphatic heterocycles. The standard InChI is InChI=1S/C13H20FNO/c1-10-5-6-11(9-12(10)14)15-7-8-16-13(2,3)4/h5-6,9,15H,7-8H2,1-4H3. The van der Waals surface area contributed by atoms with Crippen LogP contribution in [0.3, 0.4) is 0 Å². The SMILES string of the molecule is Cc1ccc(NCCOC(C)(C)C)cc1F. The van der Waals surface area contributed by atoms with E-state index in [9.17, 15) is 4.39 Å². The van der Waals surface area contributed by atoms with Gasteiger partial charge >= 0.3 is 0 Å². The Bertz CT molecular complexity index is 344. The highest BCUT2D eigenvalue weighted by Crippen LogP contribution is 2.13. The zero-order valence-corrected chi connectivity index (χ0v) is 10.4. The molecule has 0 saturated carbocycles. The number of rotatable bonds is 4. The van der Waals surface area contributed by atoms with Crippen molar-refractivity contribution in [1.82, 2.24) is 0 Å². The van der Waals surface area contributed by atoms with Gasteiger partial charge in [-0.2, -0.15) is 0 Å². The Labute approximate surface area is 96.8 Å². The molecule has 2 nitrogen and oxygen atoms in total. The van der Waals surface area contributed by atoms with Gasteiger partial charge in [-0.25, -0.2) is 4.39 Å². The van der Waals surface area contributed by atoms with Crippen molar-refractivity contribution in [2.24, 2.45) is 0 Å². The third-order valence-electron chi connectivity index (χ3n) is 2.14. The van der Waals surface area contributed by atoms with Crippen LogP contribution in [0.15, 0.2) is 18.2 Å². The van der Waals surface area contributed by atoms with E-state index in [2.05, 4.69) is 5.32 Å². The van der Waals surface area contributed by atoms with Gasteiger partial charge in [0.05, 0.1) is 12.2 Å². The molecule has 0 fully saturated rings. The summed E-state index contributed by atoms with van der Waals surface area (Å²) in [6.07, 6.45) is 0. The molecule has 90 valence electrons. The summed E-state index contributed by atoms with van der Waals surface area (Å²) >= 11 is 0. The Morgan fingerprint density at radius 2 is 2.00 bits per heavy atom. The molecule has 0 heterocycles. The van der Waals surface area contributed by atoms with Crippen LogP contribution in [-0.2, 0) is 4.74 Å². The molecule has 0 aliphatic rings. The van der Waals surface area contributed by atoms with E-state index in [0.29, 0.717) is 18.7 Å². The van der Waals surface area contributed by atoms with Crippen LogP contribution in [0.2, 0.25) is 0 Å². The van der Waals surface area contributed by atoms with Crippen LogP contribution in [0.5, 0.6) is 0 Å². The van der Waals surface area contributed by atoms with Gasteiger partial charge in [0, 0.05) is 12.2 Å². The summed E-state index contributed by atoms with van der Waals surface area (Å²) in [5, 5.41) is 3.12. The van der Waals surface area contributed by atoms with Crippen LogP contribution >= 0.6 is 0 Å². The topological polar surface area (TPSA) is 21.3 Å². The van der Waals surface area contributed by atoms with Crippen LogP contribution < -0.4 is 5.32 Å². The molecule has 0 saturated heterocycles. The van der Waals surface area contributed by atoms with Gasteiger partial charge in [0.2, 0.25) is 0 Å². The van der Waals surface area contributed by atoms with Crippen LogP contribution in [0, 0.1) is 12.7 Å². The minimum Gasteiger partial charge on any atom is -0.383 e. The Morgan fingerprint density at radius 3 is 2.56 bits per heavy atom. The maximum Gasteiger partial charge on any atom is 0.128 e. The second-order valence-electron chi connectivity index (χ2n) is 4.85. The predicted molar refractivity (Wildman–Crippen MR) is 65.3 cm³/mol. The lowest BCUT2D eigenvalue weighted by Crippen LogP contribution is -2.23. The lowest BCUT2D eigenvalue weighted by Gasteiger charge is -2.19. The second kappa shape index (κ2) is 5.30. The number of hydrogen-bond donors (Lipinski definition) is 1. The minimum atomic E-state index is -0.179. The zero-order valence-electron chi connectivity index (χ0n) is 10.4. The van der Waals surface area contributed by atoms with E-state index in [-0.39, 0.29) is 11.4 Å². The second-order valence-corrected chi connectivity index (χ2v) is 4.85. The van der Waals surface area contributed by atoms with Gasteiger partial charge in [-0.1, -0.05) is 6.07 Å². The molecule has 3 heteroatoms. The molecule has 1 aromatic rings. The summed E-state index contributed by atoms with van der Waals surface area (Å²) in [5.41, 5.74) is 1.33. The highest BCUT2D eigenvalue weighted by molar-refractivity contribution is 5.45. The first-order valence-corrected chi connectivity index (χ1v) is 5.52. The highest BCUT2D eigenvalue weighted by Gasteiger charge is 2.08. The van der Waals surface area contributed by atoms with Crippen LogP contribution in [0.4, 0.5) is 10.1 Å². The maximum atomic E-state index is 13.2. The first-order chi connectivity index (χ1) is 7.38. The van der Waals surface area contributed by atoms with E-state index >= 15 is 0 Å². The normalized spacial score (nSPS) is 11.6. The Balaban J connectivity index is 2.35. The average molecular weight is 225 g/mol. The monoisotopic (exact) mass is 225 g/mol. The summed E-state index contributed by atoms with van der Waals surface area (Å²) in [6.45, 7) is 9.08. The number of aryl methyl sites for hydroxylation is 1. The summed E-state index contributed by atoms with van der Waals surface area (Å²) in [4.78, 5) is 0. The van der Waals surface area contributed by atoms with Gasteiger partial charge in [-0.3, -0.25) is 0 Å². The molecule has 0 unspecified atom stereocenters. The first kappa shape index (κ1) is 13.0. The summed E-state index contributed by atoms with van der Waals surface area (Å²) in [5.74, 6) is -0.179. The third kappa shape index (κ3) is 4.62. The van der Waals surface area contributed by atoms with E-state index in [1.165, 1.54) is 6.07 Å². The van der Waals surface area contributed by atoms with E-state index < -0.39 is 0 Å². The molecule has 0 amide bonds. The van der Waals surface area contributed by atoms with E-state index in [0.717, 1.165) is 5.69 Å². The fraction of sp³-hybridized carbons (Fsp3) is 0.538. The fourth-order valence-corrected chi connectivity index (χ4v) is 1.26. The van der Waals surface area contributed by atoms with Gasteiger partial charge in [0.15, 0.2) is 0 Å². The maximum absolute atomic E-state index is 13.2. The number of hydrogen-bond acceptors (Lipinski definition) is 2. The number of halogens is 1. The van der Waals surface area contributed by atoms with Crippen molar-refractivity contribution in [2.45, 2.75) is 33.3 Å². The Morgan fingerprint density at radius 1 is 1.31 bits per heavy atom. The van der Waals surface area contributed by atoms with Crippen molar-refractivity contribution in [2.75, 3.05) is 18.5 Å². The number of nitrogens with one attached hydrogen (secondary N) is 1. The molecular formula is C13H20FNO. The lowest BCUT2D eigenvalue weighted by atomic mass is 10.2. The molecule has 1 N–H and O–H groups in total. The highest BCUT2D eigenvalue weighted by atomic mass is 19.1. The number of ether oxygens (including phenoxy) is 1. The molecule has 0 atom stereocenters. The van der Waals surface area contributed by atoms with Gasteiger partial charge in [0.25, 0.3) is 0 Å². The van der Waals surface area contributed by atoms with Crippen molar-refractivity contribution < 1.29 is 9.13 Å². The number of benzene rings is 1. The summed E-state index contributed by atoms with van der Waals surface area (Å²) < 4.78 is 18.8. The first-order valence-electron chi connectivity index (χ1n) is 5.52. The molecule has 0 aromatic heterocycles. The van der Waals surface area contributed by atoms with E-state index in [4.69, 9.17) is 4.74 Å². The molecule has 16 heavy (non-hydrogen) atoms. The van der Waals surface area contributed by atoms with Crippen molar-refractivity contribution in [3.05, 3.63) is 29.6 Å². The van der Waals surface area contributed by atoms with Gasteiger partial charge in [-0.15, -0.1) is 0 Å². The molecule has 0 bridgehead atoms. The zero-order chi connectivity index (χ0) is 12.2. The smallest absolute Gasteiger partial charge is 0.128 e. The molecular weight excluding hydrogens is 205 g/mol. The largest absolute Gasteiger partial charge is 0.383 e. The van der Waals surface area contributed by atoms with Crippen molar-refractivity contribution in [3.63, 3.8) is 0 Å².